The van der Waals surface area contributed by atoms with Crippen LogP contribution in [0.4, 0.5) is 4.39 Å². The number of likely N-dealkylation sites (N-methyl/N-ethyl adjacent to an activating group) is 1. The molecule has 0 radical (unpaired) electrons. The molecular formula is C13H15FIN3. The minimum atomic E-state index is -0.199. The Labute approximate surface area is 120 Å². The molecule has 0 fully saturated rings. The second kappa shape index (κ2) is 5.79. The normalized spacial score (nSPS) is 12.7. The van der Waals surface area contributed by atoms with Gasteiger partial charge in [0.1, 0.15) is 11.6 Å². The van der Waals surface area contributed by atoms with Crippen molar-refractivity contribution in [3.63, 3.8) is 0 Å². The maximum Gasteiger partial charge on any atom is 0.124 e. The standard InChI is InChI=1S/C13H15FIN3/c1-16-12(8-13-17-5-6-18(13)2)10-4-3-9(14)7-11(10)15/h3-7,12,16H,8H2,1-2H3. The first-order chi connectivity index (χ1) is 8.61. The van der Waals surface area contributed by atoms with Crippen LogP contribution >= 0.6 is 22.6 Å². The Bertz CT molecular complexity index is 539. The second-order valence-electron chi connectivity index (χ2n) is 4.17. The number of aromatic nitrogens is 2. The van der Waals surface area contributed by atoms with Crippen molar-refractivity contribution in [2.24, 2.45) is 7.05 Å². The van der Waals surface area contributed by atoms with E-state index >= 15 is 0 Å². The second-order valence-corrected chi connectivity index (χ2v) is 5.33. The van der Waals surface area contributed by atoms with Gasteiger partial charge in [0.25, 0.3) is 0 Å². The van der Waals surface area contributed by atoms with E-state index < -0.39 is 0 Å². The van der Waals surface area contributed by atoms with Crippen molar-refractivity contribution in [2.75, 3.05) is 7.05 Å². The third-order valence-electron chi connectivity index (χ3n) is 2.99. The minimum Gasteiger partial charge on any atom is -0.338 e. The van der Waals surface area contributed by atoms with Gasteiger partial charge in [0.15, 0.2) is 0 Å². The first-order valence-corrected chi connectivity index (χ1v) is 6.78. The first kappa shape index (κ1) is 13.5. The molecule has 1 atom stereocenters. The van der Waals surface area contributed by atoms with Gasteiger partial charge < -0.3 is 9.88 Å². The van der Waals surface area contributed by atoms with Crippen LogP contribution in [0, 0.1) is 9.39 Å². The average molecular weight is 359 g/mol. The summed E-state index contributed by atoms with van der Waals surface area (Å²) in [5, 5.41) is 3.26. The maximum atomic E-state index is 13.1. The lowest BCUT2D eigenvalue weighted by molar-refractivity contribution is 0.558. The number of benzene rings is 1. The van der Waals surface area contributed by atoms with Gasteiger partial charge in [-0.05, 0) is 47.3 Å². The Morgan fingerprint density at radius 1 is 1.50 bits per heavy atom. The molecule has 0 amide bonds. The summed E-state index contributed by atoms with van der Waals surface area (Å²) in [7, 11) is 3.89. The minimum absolute atomic E-state index is 0.138. The van der Waals surface area contributed by atoms with Crippen molar-refractivity contribution in [1.29, 1.82) is 0 Å². The number of nitrogens with zero attached hydrogens (tertiary/aromatic N) is 2. The molecule has 1 unspecified atom stereocenters. The molecule has 3 nitrogen and oxygen atoms in total. The summed E-state index contributed by atoms with van der Waals surface area (Å²) in [5.74, 6) is 0.810. The van der Waals surface area contributed by atoms with Crippen molar-refractivity contribution in [2.45, 2.75) is 12.5 Å². The maximum absolute atomic E-state index is 13.1. The predicted octanol–water partition coefficient (Wildman–Crippen LogP) is 2.67. The zero-order valence-electron chi connectivity index (χ0n) is 10.3. The van der Waals surface area contributed by atoms with E-state index in [9.17, 15) is 4.39 Å². The highest BCUT2D eigenvalue weighted by Crippen LogP contribution is 2.23. The quantitative estimate of drug-likeness (QED) is 0.851. The number of rotatable bonds is 4. The molecule has 0 saturated carbocycles. The molecule has 1 N–H and O–H groups in total. The number of aryl methyl sites for hydroxylation is 1. The van der Waals surface area contributed by atoms with Crippen molar-refractivity contribution in [1.82, 2.24) is 14.9 Å². The fraction of sp³-hybridized carbons (Fsp3) is 0.308. The van der Waals surface area contributed by atoms with E-state index in [1.807, 2.05) is 30.9 Å². The lowest BCUT2D eigenvalue weighted by Gasteiger charge is -2.18. The molecule has 0 bridgehead atoms. The highest BCUT2D eigenvalue weighted by atomic mass is 127. The van der Waals surface area contributed by atoms with Gasteiger partial charge in [-0.25, -0.2) is 9.37 Å². The topological polar surface area (TPSA) is 29.9 Å². The van der Waals surface area contributed by atoms with E-state index in [1.54, 1.807) is 12.3 Å². The van der Waals surface area contributed by atoms with Gasteiger partial charge in [0, 0.05) is 35.5 Å². The molecule has 0 aliphatic heterocycles. The van der Waals surface area contributed by atoms with Gasteiger partial charge in [0.05, 0.1) is 0 Å². The Kier molecular flexibility index (Phi) is 4.34. The number of imidazole rings is 1. The summed E-state index contributed by atoms with van der Waals surface area (Å²) < 4.78 is 16.0. The summed E-state index contributed by atoms with van der Waals surface area (Å²) in [5.41, 5.74) is 1.10. The van der Waals surface area contributed by atoms with E-state index in [0.29, 0.717) is 0 Å². The zero-order chi connectivity index (χ0) is 13.1. The van der Waals surface area contributed by atoms with Gasteiger partial charge >= 0.3 is 0 Å². The summed E-state index contributed by atoms with van der Waals surface area (Å²) in [6.45, 7) is 0. The lowest BCUT2D eigenvalue weighted by atomic mass is 10.0. The van der Waals surface area contributed by atoms with Gasteiger partial charge in [-0.1, -0.05) is 6.07 Å². The highest BCUT2D eigenvalue weighted by Gasteiger charge is 2.15. The van der Waals surface area contributed by atoms with E-state index in [2.05, 4.69) is 32.9 Å². The van der Waals surface area contributed by atoms with Crippen molar-refractivity contribution >= 4 is 22.6 Å². The van der Waals surface area contributed by atoms with Crippen molar-refractivity contribution < 1.29 is 4.39 Å². The molecule has 0 aliphatic carbocycles. The smallest absolute Gasteiger partial charge is 0.124 e. The van der Waals surface area contributed by atoms with Crippen LogP contribution in [0.1, 0.15) is 17.4 Å². The molecule has 0 aliphatic rings. The van der Waals surface area contributed by atoms with Crippen molar-refractivity contribution in [3.8, 4) is 0 Å². The lowest BCUT2D eigenvalue weighted by Crippen LogP contribution is -2.21. The average Bonchev–Trinajstić information content (AvgIpc) is 2.73. The van der Waals surface area contributed by atoms with Gasteiger partial charge in [-0.15, -0.1) is 0 Å². The van der Waals surface area contributed by atoms with Crippen LogP contribution in [-0.4, -0.2) is 16.6 Å². The zero-order valence-corrected chi connectivity index (χ0v) is 12.5. The van der Waals surface area contributed by atoms with E-state index in [-0.39, 0.29) is 11.9 Å². The van der Waals surface area contributed by atoms with Crippen LogP contribution < -0.4 is 5.32 Å². The largest absolute Gasteiger partial charge is 0.338 e. The van der Waals surface area contributed by atoms with E-state index in [0.717, 1.165) is 21.4 Å². The SMILES string of the molecule is CNC(Cc1nccn1C)c1ccc(F)cc1I. The fourth-order valence-corrected chi connectivity index (χ4v) is 2.78. The van der Waals surface area contributed by atoms with Crippen LogP contribution in [-0.2, 0) is 13.5 Å². The molecule has 2 aromatic rings. The van der Waals surface area contributed by atoms with E-state index in [4.69, 9.17) is 0 Å². The van der Waals surface area contributed by atoms with Crippen LogP contribution in [0.5, 0.6) is 0 Å². The monoisotopic (exact) mass is 359 g/mol. The molecule has 2 rings (SSSR count). The summed E-state index contributed by atoms with van der Waals surface area (Å²) in [6, 6.07) is 5.03. The fourth-order valence-electron chi connectivity index (χ4n) is 1.93. The Morgan fingerprint density at radius 3 is 2.83 bits per heavy atom. The highest BCUT2D eigenvalue weighted by molar-refractivity contribution is 14.1. The number of nitrogens with one attached hydrogen (secondary N) is 1. The molecule has 1 aromatic carbocycles. The molecule has 5 heteroatoms. The molecule has 96 valence electrons. The number of halogens is 2. The summed E-state index contributed by atoms with van der Waals surface area (Å²) in [6.07, 6.45) is 4.50. The molecular weight excluding hydrogens is 344 g/mol. The molecule has 18 heavy (non-hydrogen) atoms. The predicted molar refractivity (Wildman–Crippen MR) is 77.8 cm³/mol. The first-order valence-electron chi connectivity index (χ1n) is 5.70. The Morgan fingerprint density at radius 2 is 2.28 bits per heavy atom. The Hall–Kier alpha value is -0.950. The molecule has 1 aromatic heterocycles. The van der Waals surface area contributed by atoms with Gasteiger partial charge in [-0.3, -0.25) is 0 Å². The molecule has 1 heterocycles. The molecule has 0 saturated heterocycles. The molecule has 0 spiro atoms. The van der Waals surface area contributed by atoms with Crippen molar-refractivity contribution in [3.05, 3.63) is 51.4 Å². The van der Waals surface area contributed by atoms with Crippen LogP contribution in [0.15, 0.2) is 30.6 Å². The third kappa shape index (κ3) is 2.89. The van der Waals surface area contributed by atoms with Gasteiger partial charge in [-0.2, -0.15) is 0 Å². The summed E-state index contributed by atoms with van der Waals surface area (Å²) in [4.78, 5) is 4.32. The third-order valence-corrected chi connectivity index (χ3v) is 3.93. The van der Waals surface area contributed by atoms with Gasteiger partial charge in [0.2, 0.25) is 0 Å². The van der Waals surface area contributed by atoms with E-state index in [1.165, 1.54) is 6.07 Å². The van der Waals surface area contributed by atoms with Crippen LogP contribution in [0.2, 0.25) is 0 Å². The summed E-state index contributed by atoms with van der Waals surface area (Å²) >= 11 is 2.17. The Balaban J connectivity index is 2.26. The number of hydrogen-bond acceptors (Lipinski definition) is 2. The van der Waals surface area contributed by atoms with Crippen LogP contribution in [0.3, 0.4) is 0 Å². The number of hydrogen-bond donors (Lipinski definition) is 1. The van der Waals surface area contributed by atoms with Crippen LogP contribution in [0.25, 0.3) is 0 Å².